The number of rotatable bonds is 1. The fourth-order valence-corrected chi connectivity index (χ4v) is 0.932. The molecule has 16 heavy (non-hydrogen) atoms. The van der Waals surface area contributed by atoms with Crippen LogP contribution in [0.4, 0.5) is 0 Å². The van der Waals surface area contributed by atoms with Crippen LogP contribution >= 0.6 is 0 Å². The Morgan fingerprint density at radius 1 is 1.19 bits per heavy atom. The smallest absolute Gasteiger partial charge is 0.336 e. The first-order valence-corrected chi connectivity index (χ1v) is 5.67. The maximum absolute atomic E-state index is 10.8. The van der Waals surface area contributed by atoms with Crippen molar-refractivity contribution < 1.29 is 4.42 Å². The molecule has 0 N–H and O–H groups in total. The molecule has 1 rings (SSSR count). The van der Waals surface area contributed by atoms with Crippen molar-refractivity contribution in [3.63, 3.8) is 0 Å². The summed E-state index contributed by atoms with van der Waals surface area (Å²) in [4.78, 5) is 10.8. The van der Waals surface area contributed by atoms with Gasteiger partial charge in [0, 0.05) is 11.3 Å². The molecule has 0 saturated carbocycles. The minimum atomic E-state index is -0.329. The molecular weight excluding hydrogens is 200 g/mol. The van der Waals surface area contributed by atoms with E-state index < -0.39 is 0 Å². The first-order valence-electron chi connectivity index (χ1n) is 5.67. The molecule has 0 fully saturated rings. The molecule has 0 bridgehead atoms. The van der Waals surface area contributed by atoms with Crippen LogP contribution < -0.4 is 16.3 Å². The maximum atomic E-state index is 10.8. The summed E-state index contributed by atoms with van der Waals surface area (Å²) in [5.74, 6) is 0. The summed E-state index contributed by atoms with van der Waals surface area (Å²) >= 11 is 0. The Morgan fingerprint density at radius 2 is 1.75 bits per heavy atom. The highest BCUT2D eigenvalue weighted by Gasteiger charge is 1.86. The molecule has 0 aliphatic carbocycles. The molecule has 0 radical (unpaired) electrons. The predicted octanol–water partition coefficient (Wildman–Crippen LogP) is 2.46. The standard InChI is InChI=1S/C10H10O2.2C2H6/c1-3-5-8-6-7-10(11)12-9(8)4-2;2*1-2/h3-7H,1H2,2H3;2*1-2H3/b8-5-,9-4+;;. The quantitative estimate of drug-likeness (QED) is 0.730. The third-order valence-electron chi connectivity index (χ3n) is 1.45. The van der Waals surface area contributed by atoms with Crippen LogP contribution in [0.2, 0.25) is 0 Å². The van der Waals surface area contributed by atoms with Crippen molar-refractivity contribution in [2.75, 3.05) is 0 Å². The van der Waals surface area contributed by atoms with Gasteiger partial charge in [-0.2, -0.15) is 0 Å². The second kappa shape index (κ2) is 11.5. The summed E-state index contributed by atoms with van der Waals surface area (Å²) in [5, 5.41) is 0.868. The maximum Gasteiger partial charge on any atom is 0.336 e. The van der Waals surface area contributed by atoms with Gasteiger partial charge in [-0.1, -0.05) is 46.4 Å². The lowest BCUT2D eigenvalue weighted by Gasteiger charge is -1.85. The molecule has 0 aliphatic rings. The summed E-state index contributed by atoms with van der Waals surface area (Å²) in [7, 11) is 0. The van der Waals surface area contributed by atoms with Crippen molar-refractivity contribution in [3.8, 4) is 0 Å². The van der Waals surface area contributed by atoms with Crippen molar-refractivity contribution in [2.24, 2.45) is 0 Å². The zero-order valence-corrected chi connectivity index (χ0v) is 10.9. The van der Waals surface area contributed by atoms with Crippen LogP contribution in [0.5, 0.6) is 0 Å². The first-order chi connectivity index (χ1) is 7.77. The van der Waals surface area contributed by atoms with E-state index in [9.17, 15) is 4.79 Å². The summed E-state index contributed by atoms with van der Waals surface area (Å²) in [6, 6.07) is 3.10. The Kier molecular flexibility index (Phi) is 12.1. The average Bonchev–Trinajstić information content (AvgIpc) is 2.36. The fourth-order valence-electron chi connectivity index (χ4n) is 0.932. The number of hydrogen-bond donors (Lipinski definition) is 0. The lowest BCUT2D eigenvalue weighted by Crippen LogP contribution is -2.27. The van der Waals surface area contributed by atoms with Crippen LogP contribution in [0.25, 0.3) is 12.2 Å². The molecule has 0 aliphatic heterocycles. The molecule has 0 saturated heterocycles. The third kappa shape index (κ3) is 6.02. The molecule has 0 unspecified atom stereocenters. The van der Waals surface area contributed by atoms with Crippen LogP contribution in [0.15, 0.2) is 34.0 Å². The summed E-state index contributed by atoms with van der Waals surface area (Å²) in [6.45, 7) is 13.4. The van der Waals surface area contributed by atoms with Crippen LogP contribution in [0.3, 0.4) is 0 Å². The third-order valence-corrected chi connectivity index (χ3v) is 1.45. The van der Waals surface area contributed by atoms with E-state index in [2.05, 4.69) is 6.58 Å². The molecule has 0 amide bonds. The van der Waals surface area contributed by atoms with Gasteiger partial charge in [0.2, 0.25) is 0 Å². The highest BCUT2D eigenvalue weighted by atomic mass is 16.4. The predicted molar refractivity (Wildman–Crippen MR) is 71.7 cm³/mol. The van der Waals surface area contributed by atoms with Crippen molar-refractivity contribution in [1.82, 2.24) is 0 Å². The molecular formula is C14H22O2. The SMILES string of the molecule is C=C/C=c1/ccc(=O)o/c1=C/C.CC.CC. The van der Waals surface area contributed by atoms with Gasteiger partial charge in [-0.15, -0.1) is 0 Å². The van der Waals surface area contributed by atoms with Gasteiger partial charge in [0.25, 0.3) is 0 Å². The monoisotopic (exact) mass is 222 g/mol. The summed E-state index contributed by atoms with van der Waals surface area (Å²) in [6.07, 6.45) is 5.19. The van der Waals surface area contributed by atoms with E-state index in [0.29, 0.717) is 5.42 Å². The molecule has 0 spiro atoms. The van der Waals surface area contributed by atoms with Gasteiger partial charge < -0.3 is 4.42 Å². The van der Waals surface area contributed by atoms with E-state index >= 15 is 0 Å². The van der Waals surface area contributed by atoms with Crippen molar-refractivity contribution in [1.29, 1.82) is 0 Å². The number of allylic oxidation sites excluding steroid dienone is 1. The van der Waals surface area contributed by atoms with Crippen molar-refractivity contribution in [2.45, 2.75) is 34.6 Å². The molecule has 1 aromatic heterocycles. The Hall–Kier alpha value is -1.57. The molecule has 0 atom stereocenters. The van der Waals surface area contributed by atoms with Crippen LogP contribution in [-0.2, 0) is 0 Å². The van der Waals surface area contributed by atoms with E-state index in [1.807, 2.05) is 34.6 Å². The highest BCUT2D eigenvalue weighted by molar-refractivity contribution is 5.35. The van der Waals surface area contributed by atoms with Gasteiger partial charge in [0.15, 0.2) is 0 Å². The molecule has 1 heterocycles. The molecule has 1 aromatic rings. The van der Waals surface area contributed by atoms with Gasteiger partial charge in [0.05, 0.1) is 0 Å². The lowest BCUT2D eigenvalue weighted by atomic mass is 10.3. The molecule has 2 nitrogen and oxygen atoms in total. The molecule has 0 aromatic carbocycles. The first kappa shape index (κ1) is 16.8. The van der Waals surface area contributed by atoms with E-state index in [1.165, 1.54) is 6.07 Å². The van der Waals surface area contributed by atoms with Gasteiger partial charge >= 0.3 is 5.63 Å². The van der Waals surface area contributed by atoms with Gasteiger partial charge in [-0.3, -0.25) is 0 Å². The van der Waals surface area contributed by atoms with E-state index in [0.717, 1.165) is 5.22 Å². The fraction of sp³-hybridized carbons (Fsp3) is 0.357. The Balaban J connectivity index is 0. The second-order valence-corrected chi connectivity index (χ2v) is 2.27. The van der Waals surface area contributed by atoms with Crippen LogP contribution in [-0.4, -0.2) is 0 Å². The Labute approximate surface area is 97.6 Å². The Morgan fingerprint density at radius 3 is 2.19 bits per heavy atom. The minimum absolute atomic E-state index is 0.329. The zero-order chi connectivity index (χ0) is 13.0. The normalized spacial score (nSPS) is 10.8. The van der Waals surface area contributed by atoms with Crippen molar-refractivity contribution >= 4 is 12.2 Å². The van der Waals surface area contributed by atoms with Gasteiger partial charge in [-0.05, 0) is 19.1 Å². The zero-order valence-electron chi connectivity index (χ0n) is 10.9. The molecule has 90 valence electrons. The van der Waals surface area contributed by atoms with E-state index in [4.69, 9.17) is 4.42 Å². The second-order valence-electron chi connectivity index (χ2n) is 2.27. The van der Waals surface area contributed by atoms with Gasteiger partial charge in [0.1, 0.15) is 5.42 Å². The Bertz CT molecular complexity index is 439. The highest BCUT2D eigenvalue weighted by Crippen LogP contribution is 1.66. The minimum Gasteiger partial charge on any atom is -0.423 e. The van der Waals surface area contributed by atoms with Gasteiger partial charge in [-0.25, -0.2) is 4.79 Å². The largest absolute Gasteiger partial charge is 0.423 e. The summed E-state index contributed by atoms with van der Waals surface area (Å²) < 4.78 is 4.92. The topological polar surface area (TPSA) is 30.2 Å². The van der Waals surface area contributed by atoms with E-state index in [1.54, 1.807) is 24.3 Å². The number of hydrogen-bond acceptors (Lipinski definition) is 2. The van der Waals surface area contributed by atoms with Crippen LogP contribution in [0.1, 0.15) is 34.6 Å². The lowest BCUT2D eigenvalue weighted by molar-refractivity contribution is 0.473. The van der Waals surface area contributed by atoms with E-state index in [-0.39, 0.29) is 5.63 Å². The van der Waals surface area contributed by atoms with Crippen LogP contribution in [0, 0.1) is 0 Å². The summed E-state index contributed by atoms with van der Waals surface area (Å²) in [5.41, 5.74) is 0.256. The molecule has 2 heteroatoms. The van der Waals surface area contributed by atoms with Crippen molar-refractivity contribution in [3.05, 3.63) is 45.8 Å². The average molecular weight is 222 g/mol.